The number of likely N-dealkylation sites (tertiary alicyclic amines) is 1. The molecule has 3 fully saturated rings. The number of ether oxygens (including phenoxy) is 2. The summed E-state index contributed by atoms with van der Waals surface area (Å²) in [6.45, 7) is 1.58. The Morgan fingerprint density at radius 3 is 2.61 bits per heavy atom. The minimum absolute atomic E-state index is 0.252. The Bertz CT molecular complexity index is 871. The van der Waals surface area contributed by atoms with Gasteiger partial charge in [0, 0.05) is 12.7 Å². The van der Waals surface area contributed by atoms with Crippen LogP contribution in [0.15, 0.2) is 24.3 Å². The van der Waals surface area contributed by atoms with E-state index in [4.69, 9.17) is 9.47 Å². The summed E-state index contributed by atoms with van der Waals surface area (Å²) in [6.07, 6.45) is 1.21. The molecule has 31 heavy (non-hydrogen) atoms. The van der Waals surface area contributed by atoms with Crippen molar-refractivity contribution >= 4 is 23.4 Å². The maximum absolute atomic E-state index is 13.6. The Morgan fingerprint density at radius 2 is 2.03 bits per heavy atom. The van der Waals surface area contributed by atoms with E-state index in [0.717, 1.165) is 0 Å². The largest absolute Gasteiger partial charge is 0.497 e. The summed E-state index contributed by atoms with van der Waals surface area (Å²) in [6, 6.07) is 5.44. The monoisotopic (exact) mass is 431 g/mol. The molecule has 2 unspecified atom stereocenters. The predicted octanol–water partition coefficient (Wildman–Crippen LogP) is 0.525. The average molecular weight is 431 g/mol. The van der Waals surface area contributed by atoms with Crippen LogP contribution in [-0.4, -0.2) is 72.3 Å². The Labute approximate surface area is 181 Å². The average Bonchev–Trinajstić information content (AvgIpc) is 3.42. The second kappa shape index (κ2) is 8.12. The standard InChI is InChI=1S/C22H29N3O6/c1-4-13(11-26)25-18(20(28)24-12-5-7-14(30-3)8-6-12)22-10-9-15(31-22)16(19(27)23-2)17(22)21(25)29/h5-8,13,15-18,26H,4,9-11H2,1-3H3,(H,23,27)(H,24,28)/t13-,15-,16+,17-,18?,22?/m0/s1. The number of benzene rings is 1. The molecular weight excluding hydrogens is 402 g/mol. The van der Waals surface area contributed by atoms with Crippen LogP contribution >= 0.6 is 0 Å². The van der Waals surface area contributed by atoms with Gasteiger partial charge in [-0.05, 0) is 43.5 Å². The lowest BCUT2D eigenvalue weighted by Gasteiger charge is -2.36. The number of aliphatic hydroxyl groups is 1. The summed E-state index contributed by atoms with van der Waals surface area (Å²) >= 11 is 0. The summed E-state index contributed by atoms with van der Waals surface area (Å²) < 4.78 is 11.4. The summed E-state index contributed by atoms with van der Waals surface area (Å²) in [5.41, 5.74) is -0.511. The highest BCUT2D eigenvalue weighted by molar-refractivity contribution is 6.03. The Balaban J connectivity index is 1.71. The molecular formula is C22H29N3O6. The number of carbonyl (C=O) groups is 3. The van der Waals surface area contributed by atoms with Crippen LogP contribution in [0.1, 0.15) is 26.2 Å². The SMILES string of the molecule is CC[C@@H](CO)N1C(=O)[C@@H]2[C@H](C(=O)NC)[C@@H]3CCC2(O3)C1C(=O)Nc1ccc(OC)cc1. The number of anilines is 1. The third-order valence-corrected chi connectivity index (χ3v) is 6.97. The number of carbonyl (C=O) groups excluding carboxylic acids is 3. The molecule has 9 nitrogen and oxygen atoms in total. The molecule has 3 aliphatic heterocycles. The van der Waals surface area contributed by atoms with E-state index in [1.807, 2.05) is 6.92 Å². The first-order valence-corrected chi connectivity index (χ1v) is 10.7. The van der Waals surface area contributed by atoms with Crippen molar-refractivity contribution in [1.29, 1.82) is 0 Å². The molecule has 9 heteroatoms. The van der Waals surface area contributed by atoms with Gasteiger partial charge in [-0.25, -0.2) is 0 Å². The van der Waals surface area contributed by atoms with Gasteiger partial charge in [0.2, 0.25) is 17.7 Å². The zero-order valence-electron chi connectivity index (χ0n) is 18.0. The van der Waals surface area contributed by atoms with E-state index < -0.39 is 29.5 Å². The number of methoxy groups -OCH3 is 1. The van der Waals surface area contributed by atoms with E-state index in [2.05, 4.69) is 10.6 Å². The number of nitrogens with zero attached hydrogens (tertiary/aromatic N) is 1. The maximum atomic E-state index is 13.6. The first-order chi connectivity index (χ1) is 14.9. The van der Waals surface area contributed by atoms with Crippen LogP contribution < -0.4 is 15.4 Å². The van der Waals surface area contributed by atoms with E-state index in [0.29, 0.717) is 30.7 Å². The van der Waals surface area contributed by atoms with Crippen LogP contribution in [0.3, 0.4) is 0 Å². The van der Waals surface area contributed by atoms with Crippen LogP contribution in [0.25, 0.3) is 0 Å². The van der Waals surface area contributed by atoms with Crippen molar-refractivity contribution < 1.29 is 29.0 Å². The molecule has 0 aromatic heterocycles. The van der Waals surface area contributed by atoms with Crippen LogP contribution in [-0.2, 0) is 19.1 Å². The lowest BCUT2D eigenvalue weighted by atomic mass is 9.70. The summed E-state index contributed by atoms with van der Waals surface area (Å²) in [5, 5.41) is 15.5. The smallest absolute Gasteiger partial charge is 0.250 e. The van der Waals surface area contributed by atoms with Gasteiger partial charge < -0.3 is 30.1 Å². The van der Waals surface area contributed by atoms with Crippen molar-refractivity contribution in [3.8, 4) is 5.75 Å². The predicted molar refractivity (Wildman–Crippen MR) is 111 cm³/mol. The quantitative estimate of drug-likeness (QED) is 0.580. The van der Waals surface area contributed by atoms with E-state index in [1.54, 1.807) is 31.4 Å². The molecule has 1 aromatic rings. The molecule has 3 N–H and O–H groups in total. The van der Waals surface area contributed by atoms with E-state index >= 15 is 0 Å². The normalized spacial score (nSPS) is 32.0. The number of nitrogens with one attached hydrogen (secondary N) is 2. The molecule has 4 rings (SSSR count). The first kappa shape index (κ1) is 21.6. The number of hydrogen-bond donors (Lipinski definition) is 3. The molecule has 1 spiro atoms. The van der Waals surface area contributed by atoms with Crippen molar-refractivity contribution in [2.24, 2.45) is 11.8 Å². The Morgan fingerprint density at radius 1 is 1.32 bits per heavy atom. The Kier molecular flexibility index (Phi) is 5.65. The second-order valence-corrected chi connectivity index (χ2v) is 8.38. The molecule has 2 bridgehead atoms. The molecule has 0 saturated carbocycles. The molecule has 1 aromatic carbocycles. The van der Waals surface area contributed by atoms with Crippen molar-refractivity contribution in [2.45, 2.75) is 50.0 Å². The third-order valence-electron chi connectivity index (χ3n) is 6.97. The zero-order valence-corrected chi connectivity index (χ0v) is 18.0. The van der Waals surface area contributed by atoms with Gasteiger partial charge in [-0.2, -0.15) is 0 Å². The van der Waals surface area contributed by atoms with E-state index in [1.165, 1.54) is 11.9 Å². The van der Waals surface area contributed by atoms with E-state index in [-0.39, 0.29) is 30.4 Å². The van der Waals surface area contributed by atoms with Gasteiger partial charge in [0.05, 0.1) is 37.7 Å². The molecule has 3 amide bonds. The van der Waals surface area contributed by atoms with Crippen LogP contribution in [0.2, 0.25) is 0 Å². The first-order valence-electron chi connectivity index (χ1n) is 10.7. The van der Waals surface area contributed by atoms with Crippen LogP contribution in [0, 0.1) is 11.8 Å². The zero-order chi connectivity index (χ0) is 22.3. The second-order valence-electron chi connectivity index (χ2n) is 8.38. The minimum Gasteiger partial charge on any atom is -0.497 e. The fourth-order valence-corrected chi connectivity index (χ4v) is 5.55. The molecule has 0 radical (unpaired) electrons. The van der Waals surface area contributed by atoms with Gasteiger partial charge in [-0.3, -0.25) is 14.4 Å². The summed E-state index contributed by atoms with van der Waals surface area (Å²) in [7, 11) is 3.10. The van der Waals surface area contributed by atoms with Crippen LogP contribution in [0.5, 0.6) is 5.75 Å². The molecule has 6 atom stereocenters. The number of amides is 3. The van der Waals surface area contributed by atoms with Gasteiger partial charge in [-0.15, -0.1) is 0 Å². The summed E-state index contributed by atoms with van der Waals surface area (Å²) in [5.74, 6) is -1.65. The maximum Gasteiger partial charge on any atom is 0.250 e. The van der Waals surface area contributed by atoms with Crippen molar-refractivity contribution in [3.05, 3.63) is 24.3 Å². The number of hydrogen-bond acceptors (Lipinski definition) is 6. The highest BCUT2D eigenvalue weighted by Crippen LogP contribution is 2.58. The van der Waals surface area contributed by atoms with Crippen molar-refractivity contribution in [2.75, 3.05) is 26.1 Å². The van der Waals surface area contributed by atoms with Gasteiger partial charge >= 0.3 is 0 Å². The number of fused-ring (bicyclic) bond motifs is 1. The Hall–Kier alpha value is -2.65. The third kappa shape index (κ3) is 3.18. The number of rotatable bonds is 7. The molecule has 168 valence electrons. The molecule has 0 aliphatic carbocycles. The summed E-state index contributed by atoms with van der Waals surface area (Å²) in [4.78, 5) is 41.2. The van der Waals surface area contributed by atoms with Crippen molar-refractivity contribution in [1.82, 2.24) is 10.2 Å². The highest BCUT2D eigenvalue weighted by Gasteiger charge is 2.74. The topological polar surface area (TPSA) is 117 Å². The van der Waals surface area contributed by atoms with Gasteiger partial charge in [-0.1, -0.05) is 6.92 Å². The van der Waals surface area contributed by atoms with Crippen LogP contribution in [0.4, 0.5) is 5.69 Å². The lowest BCUT2D eigenvalue weighted by molar-refractivity contribution is -0.144. The highest BCUT2D eigenvalue weighted by atomic mass is 16.5. The number of aliphatic hydroxyl groups excluding tert-OH is 1. The lowest BCUT2D eigenvalue weighted by Crippen LogP contribution is -2.56. The molecule has 3 heterocycles. The van der Waals surface area contributed by atoms with Gasteiger partial charge in [0.15, 0.2) is 0 Å². The van der Waals surface area contributed by atoms with Gasteiger partial charge in [0.25, 0.3) is 0 Å². The van der Waals surface area contributed by atoms with Crippen molar-refractivity contribution in [3.63, 3.8) is 0 Å². The fourth-order valence-electron chi connectivity index (χ4n) is 5.55. The fraction of sp³-hybridized carbons (Fsp3) is 0.591. The minimum atomic E-state index is -1.07. The van der Waals surface area contributed by atoms with Gasteiger partial charge in [0.1, 0.15) is 17.4 Å². The van der Waals surface area contributed by atoms with E-state index in [9.17, 15) is 19.5 Å². The molecule has 3 aliphatic rings. The molecule has 3 saturated heterocycles.